The molecule has 1 amide bonds. The lowest BCUT2D eigenvalue weighted by atomic mass is 9.96. The van der Waals surface area contributed by atoms with Gasteiger partial charge in [0.25, 0.3) is 0 Å². The van der Waals surface area contributed by atoms with Crippen LogP contribution in [-0.2, 0) is 4.79 Å². The normalized spacial score (nSPS) is 19.8. The molecule has 0 radical (unpaired) electrons. The van der Waals surface area contributed by atoms with Gasteiger partial charge in [-0.2, -0.15) is 4.98 Å². The van der Waals surface area contributed by atoms with E-state index in [4.69, 9.17) is 4.52 Å². The molecule has 1 aliphatic heterocycles. The minimum atomic E-state index is -0.0242. The molecule has 6 nitrogen and oxygen atoms in total. The summed E-state index contributed by atoms with van der Waals surface area (Å²) >= 11 is 0. The number of aromatic nitrogens is 2. The van der Waals surface area contributed by atoms with Gasteiger partial charge in [0.05, 0.1) is 12.0 Å². The number of likely N-dealkylation sites (tertiary alicyclic amines) is 1. The van der Waals surface area contributed by atoms with Crippen LogP contribution in [0.25, 0.3) is 0 Å². The maximum absolute atomic E-state index is 12.6. The predicted octanol–water partition coefficient (Wildman–Crippen LogP) is 3.60. The van der Waals surface area contributed by atoms with Crippen LogP contribution < -0.4 is 5.32 Å². The Kier molecular flexibility index (Phi) is 5.48. The highest BCUT2D eigenvalue weighted by atomic mass is 16.5. The number of nitrogens with one attached hydrogen (secondary N) is 1. The smallest absolute Gasteiger partial charge is 0.243 e. The fourth-order valence-electron chi connectivity index (χ4n) is 3.15. The Bertz CT molecular complexity index is 698. The van der Waals surface area contributed by atoms with E-state index in [1.807, 2.05) is 44.2 Å². The number of anilines is 1. The summed E-state index contributed by atoms with van der Waals surface area (Å²) < 4.78 is 5.43. The summed E-state index contributed by atoms with van der Waals surface area (Å²) in [4.78, 5) is 19.3. The SMILES string of the molecule is CC(C)c1noc(C(C)N2CCCC(C(=O)Nc3ccccc3)C2)n1. The number of hydrogen-bond acceptors (Lipinski definition) is 5. The lowest BCUT2D eigenvalue weighted by Crippen LogP contribution is -2.41. The molecule has 25 heavy (non-hydrogen) atoms. The van der Waals surface area contributed by atoms with Crippen molar-refractivity contribution in [3.05, 3.63) is 42.0 Å². The molecule has 1 aromatic heterocycles. The lowest BCUT2D eigenvalue weighted by Gasteiger charge is -2.34. The van der Waals surface area contributed by atoms with E-state index >= 15 is 0 Å². The molecule has 0 spiro atoms. The molecule has 0 saturated carbocycles. The summed E-state index contributed by atoms with van der Waals surface area (Å²) in [6.45, 7) is 7.80. The third-order valence-corrected chi connectivity index (χ3v) is 4.74. The van der Waals surface area contributed by atoms with Crippen molar-refractivity contribution in [1.29, 1.82) is 0 Å². The van der Waals surface area contributed by atoms with E-state index in [2.05, 4.69) is 27.3 Å². The zero-order valence-corrected chi connectivity index (χ0v) is 15.1. The molecule has 1 aliphatic rings. The van der Waals surface area contributed by atoms with Gasteiger partial charge < -0.3 is 9.84 Å². The summed E-state index contributed by atoms with van der Waals surface area (Å²) in [6, 6.07) is 9.63. The second kappa shape index (κ2) is 7.78. The molecular formula is C19H26N4O2. The van der Waals surface area contributed by atoms with E-state index in [1.165, 1.54) is 0 Å². The molecule has 3 rings (SSSR count). The van der Waals surface area contributed by atoms with Gasteiger partial charge in [0, 0.05) is 18.2 Å². The minimum absolute atomic E-state index is 0.0207. The van der Waals surface area contributed by atoms with Gasteiger partial charge in [-0.1, -0.05) is 37.2 Å². The van der Waals surface area contributed by atoms with E-state index in [-0.39, 0.29) is 23.8 Å². The van der Waals surface area contributed by atoms with Crippen LogP contribution in [0.1, 0.15) is 57.3 Å². The predicted molar refractivity (Wildman–Crippen MR) is 96.2 cm³/mol. The average Bonchev–Trinajstić information content (AvgIpc) is 3.12. The number of amides is 1. The number of para-hydroxylation sites is 1. The molecule has 0 bridgehead atoms. The second-order valence-corrected chi connectivity index (χ2v) is 7.01. The first-order chi connectivity index (χ1) is 12.0. The first-order valence-electron chi connectivity index (χ1n) is 8.98. The van der Waals surface area contributed by atoms with Gasteiger partial charge in [-0.05, 0) is 38.4 Å². The highest BCUT2D eigenvalue weighted by Crippen LogP contribution is 2.27. The van der Waals surface area contributed by atoms with Crippen LogP contribution in [0.3, 0.4) is 0 Å². The van der Waals surface area contributed by atoms with Gasteiger partial charge in [-0.3, -0.25) is 9.69 Å². The van der Waals surface area contributed by atoms with Gasteiger partial charge in [-0.25, -0.2) is 0 Å². The monoisotopic (exact) mass is 342 g/mol. The van der Waals surface area contributed by atoms with E-state index < -0.39 is 0 Å². The van der Waals surface area contributed by atoms with Gasteiger partial charge >= 0.3 is 0 Å². The first-order valence-corrected chi connectivity index (χ1v) is 8.98. The zero-order valence-electron chi connectivity index (χ0n) is 15.1. The van der Waals surface area contributed by atoms with Crippen LogP contribution in [0.2, 0.25) is 0 Å². The summed E-state index contributed by atoms with van der Waals surface area (Å²) in [7, 11) is 0. The summed E-state index contributed by atoms with van der Waals surface area (Å²) in [5.41, 5.74) is 0.844. The molecule has 1 fully saturated rings. The Morgan fingerprint density at radius 3 is 2.72 bits per heavy atom. The van der Waals surface area contributed by atoms with Crippen molar-refractivity contribution < 1.29 is 9.32 Å². The molecule has 2 unspecified atom stereocenters. The summed E-state index contributed by atoms with van der Waals surface area (Å²) in [6.07, 6.45) is 1.89. The second-order valence-electron chi connectivity index (χ2n) is 7.01. The maximum atomic E-state index is 12.6. The van der Waals surface area contributed by atoms with Crippen LogP contribution >= 0.6 is 0 Å². The highest BCUT2D eigenvalue weighted by Gasteiger charge is 2.31. The van der Waals surface area contributed by atoms with Gasteiger partial charge in [0.15, 0.2) is 5.82 Å². The topological polar surface area (TPSA) is 71.3 Å². The van der Waals surface area contributed by atoms with Gasteiger partial charge in [0.2, 0.25) is 11.8 Å². The Balaban J connectivity index is 1.62. The Morgan fingerprint density at radius 1 is 1.28 bits per heavy atom. The van der Waals surface area contributed by atoms with Gasteiger partial charge in [-0.15, -0.1) is 0 Å². The van der Waals surface area contributed by atoms with E-state index in [0.717, 1.165) is 30.9 Å². The van der Waals surface area contributed by atoms with Crippen molar-refractivity contribution in [2.45, 2.75) is 45.6 Å². The molecule has 1 saturated heterocycles. The standard InChI is InChI=1S/C19H26N4O2/c1-13(2)17-21-19(25-22-17)14(3)23-11-7-8-15(12-23)18(24)20-16-9-5-4-6-10-16/h4-6,9-10,13-15H,7-8,11-12H2,1-3H3,(H,20,24). The Hall–Kier alpha value is -2.21. The van der Waals surface area contributed by atoms with E-state index in [1.54, 1.807) is 0 Å². The molecule has 1 N–H and O–H groups in total. The minimum Gasteiger partial charge on any atom is -0.338 e. The van der Waals surface area contributed by atoms with Crippen molar-refractivity contribution in [1.82, 2.24) is 15.0 Å². The number of carbonyl (C=O) groups excluding carboxylic acids is 1. The number of benzene rings is 1. The number of rotatable bonds is 5. The molecule has 2 aromatic rings. The van der Waals surface area contributed by atoms with Crippen LogP contribution in [-0.4, -0.2) is 34.0 Å². The van der Waals surface area contributed by atoms with Crippen LogP contribution in [0.15, 0.2) is 34.9 Å². The molecule has 1 aromatic carbocycles. The van der Waals surface area contributed by atoms with Crippen molar-refractivity contribution >= 4 is 11.6 Å². The van der Waals surface area contributed by atoms with Crippen molar-refractivity contribution in [3.63, 3.8) is 0 Å². The number of carbonyl (C=O) groups is 1. The van der Waals surface area contributed by atoms with Crippen LogP contribution in [0.4, 0.5) is 5.69 Å². The maximum Gasteiger partial charge on any atom is 0.243 e. The summed E-state index contributed by atoms with van der Waals surface area (Å²) in [5, 5.41) is 7.06. The van der Waals surface area contributed by atoms with Crippen molar-refractivity contribution in [2.75, 3.05) is 18.4 Å². The molecule has 6 heteroatoms. The molecule has 2 atom stereocenters. The Labute approximate surface area is 148 Å². The fraction of sp³-hybridized carbons (Fsp3) is 0.526. The van der Waals surface area contributed by atoms with Crippen LogP contribution in [0, 0.1) is 5.92 Å². The quantitative estimate of drug-likeness (QED) is 0.899. The summed E-state index contributed by atoms with van der Waals surface area (Å²) in [5.74, 6) is 1.67. The highest BCUT2D eigenvalue weighted by molar-refractivity contribution is 5.92. The largest absolute Gasteiger partial charge is 0.338 e. The molecule has 0 aliphatic carbocycles. The average molecular weight is 342 g/mol. The fourth-order valence-corrected chi connectivity index (χ4v) is 3.15. The van der Waals surface area contributed by atoms with Crippen LogP contribution in [0.5, 0.6) is 0 Å². The van der Waals surface area contributed by atoms with Gasteiger partial charge in [0.1, 0.15) is 0 Å². The molecule has 2 heterocycles. The van der Waals surface area contributed by atoms with E-state index in [0.29, 0.717) is 12.4 Å². The Morgan fingerprint density at radius 2 is 2.04 bits per heavy atom. The third kappa shape index (κ3) is 4.25. The first kappa shape index (κ1) is 17.6. The van der Waals surface area contributed by atoms with Crippen molar-refractivity contribution in [3.8, 4) is 0 Å². The zero-order chi connectivity index (χ0) is 17.8. The molecule has 134 valence electrons. The number of nitrogens with zero attached hydrogens (tertiary/aromatic N) is 3. The lowest BCUT2D eigenvalue weighted by molar-refractivity contribution is -0.121. The number of hydrogen-bond donors (Lipinski definition) is 1. The van der Waals surface area contributed by atoms with E-state index in [9.17, 15) is 4.79 Å². The molecular weight excluding hydrogens is 316 g/mol. The third-order valence-electron chi connectivity index (χ3n) is 4.74. The number of piperidine rings is 1. The van der Waals surface area contributed by atoms with Crippen molar-refractivity contribution in [2.24, 2.45) is 5.92 Å².